The molecule has 6 nitrogen and oxygen atoms in total. The van der Waals surface area contributed by atoms with E-state index in [0.29, 0.717) is 16.9 Å². The molecule has 0 bridgehead atoms. The highest BCUT2D eigenvalue weighted by Gasteiger charge is 2.17. The van der Waals surface area contributed by atoms with Gasteiger partial charge in [-0.15, -0.1) is 0 Å². The van der Waals surface area contributed by atoms with E-state index in [1.165, 1.54) is 30.5 Å². The Labute approximate surface area is 202 Å². The van der Waals surface area contributed by atoms with Crippen LogP contribution in [-0.4, -0.2) is 32.3 Å². The summed E-state index contributed by atoms with van der Waals surface area (Å²) in [7, 11) is -3.71. The number of anilines is 2. The molecule has 2 N–H and O–H groups in total. The number of rotatable bonds is 7. The lowest BCUT2D eigenvalue weighted by molar-refractivity contribution is 0.102. The van der Waals surface area contributed by atoms with Crippen molar-refractivity contribution in [3.05, 3.63) is 89.5 Å². The minimum atomic E-state index is -3.71. The summed E-state index contributed by atoms with van der Waals surface area (Å²) in [5, 5.41) is 2.84. The first-order valence-electron chi connectivity index (χ1n) is 11.6. The van der Waals surface area contributed by atoms with Gasteiger partial charge >= 0.3 is 0 Å². The van der Waals surface area contributed by atoms with E-state index < -0.39 is 10.0 Å². The third-order valence-electron chi connectivity index (χ3n) is 6.06. The minimum Gasteiger partial charge on any atom is -0.322 e. The van der Waals surface area contributed by atoms with Gasteiger partial charge in [0.2, 0.25) is 0 Å². The lowest BCUT2D eigenvalue weighted by Gasteiger charge is -2.30. The molecule has 3 aromatic rings. The van der Waals surface area contributed by atoms with E-state index in [1.54, 1.807) is 30.3 Å². The van der Waals surface area contributed by atoms with E-state index in [1.807, 2.05) is 37.3 Å². The van der Waals surface area contributed by atoms with Gasteiger partial charge in [0.05, 0.1) is 4.90 Å². The fourth-order valence-electron chi connectivity index (χ4n) is 4.29. The number of carbonyl (C=O) groups excluding carboxylic acids is 1. The Hall–Kier alpha value is -3.16. The highest BCUT2D eigenvalue weighted by Crippen LogP contribution is 2.21. The number of benzene rings is 3. The van der Waals surface area contributed by atoms with Crippen LogP contribution in [0, 0.1) is 12.8 Å². The number of piperidine rings is 1. The molecule has 1 saturated heterocycles. The number of aryl methyl sites for hydroxylation is 1. The Morgan fingerprint density at radius 2 is 1.74 bits per heavy atom. The smallest absolute Gasteiger partial charge is 0.261 e. The quantitative estimate of drug-likeness (QED) is 0.485. The van der Waals surface area contributed by atoms with Crippen molar-refractivity contribution >= 4 is 27.3 Å². The molecule has 4 rings (SSSR count). The number of carbonyl (C=O) groups is 1. The van der Waals surface area contributed by atoms with Crippen LogP contribution in [-0.2, 0) is 16.6 Å². The van der Waals surface area contributed by atoms with Crippen LogP contribution in [0.1, 0.15) is 41.3 Å². The van der Waals surface area contributed by atoms with Crippen LogP contribution in [0.4, 0.5) is 11.4 Å². The van der Waals surface area contributed by atoms with E-state index in [4.69, 9.17) is 0 Å². The van der Waals surface area contributed by atoms with E-state index in [9.17, 15) is 13.2 Å². The van der Waals surface area contributed by atoms with E-state index in [2.05, 4.69) is 21.9 Å². The number of hydrogen-bond acceptors (Lipinski definition) is 4. The van der Waals surface area contributed by atoms with Crippen LogP contribution >= 0.6 is 0 Å². The van der Waals surface area contributed by atoms with Crippen LogP contribution in [0.5, 0.6) is 0 Å². The monoisotopic (exact) mass is 477 g/mol. The standard InChI is InChI=1S/C27H31N3O3S/c1-20-5-3-7-25(17-20)29-34(32,33)26-14-12-24(13-15-26)28-27(31)23-10-8-22(9-11-23)19-30-16-4-6-21(2)18-30/h3,5,7-15,17,21,29H,4,6,16,18-19H2,1-2H3,(H,28,31). The summed E-state index contributed by atoms with van der Waals surface area (Å²) in [5.74, 6) is 0.505. The lowest BCUT2D eigenvalue weighted by Crippen LogP contribution is -2.33. The molecule has 1 atom stereocenters. The molecule has 178 valence electrons. The summed E-state index contributed by atoms with van der Waals surface area (Å²) >= 11 is 0. The van der Waals surface area contributed by atoms with Crippen LogP contribution in [0.15, 0.2) is 77.7 Å². The first-order chi connectivity index (χ1) is 16.3. The molecule has 0 aromatic heterocycles. The number of nitrogens with one attached hydrogen (secondary N) is 2. The predicted molar refractivity (Wildman–Crippen MR) is 136 cm³/mol. The molecular weight excluding hydrogens is 446 g/mol. The van der Waals surface area contributed by atoms with Gasteiger partial charge in [-0.3, -0.25) is 14.4 Å². The van der Waals surface area contributed by atoms with E-state index in [0.717, 1.165) is 31.1 Å². The van der Waals surface area contributed by atoms with Gasteiger partial charge in [-0.1, -0.05) is 31.2 Å². The SMILES string of the molecule is Cc1cccc(NS(=O)(=O)c2ccc(NC(=O)c3ccc(CN4CCCC(C)C4)cc3)cc2)c1. The van der Waals surface area contributed by atoms with Gasteiger partial charge < -0.3 is 5.32 Å². The van der Waals surface area contributed by atoms with Crippen molar-refractivity contribution in [3.63, 3.8) is 0 Å². The van der Waals surface area contributed by atoms with Crippen LogP contribution in [0.25, 0.3) is 0 Å². The van der Waals surface area contributed by atoms with E-state index in [-0.39, 0.29) is 10.8 Å². The summed E-state index contributed by atoms with van der Waals surface area (Å²) in [6, 6.07) is 21.0. The molecule has 1 amide bonds. The second kappa shape index (κ2) is 10.4. The molecule has 1 aliphatic heterocycles. The molecule has 1 heterocycles. The maximum atomic E-state index is 12.7. The Morgan fingerprint density at radius 3 is 2.41 bits per heavy atom. The lowest BCUT2D eigenvalue weighted by atomic mass is 9.99. The predicted octanol–water partition coefficient (Wildman–Crippen LogP) is 5.28. The van der Waals surface area contributed by atoms with Crippen molar-refractivity contribution in [1.82, 2.24) is 4.90 Å². The summed E-state index contributed by atoms with van der Waals surface area (Å²) in [6.45, 7) is 7.34. The van der Waals surface area contributed by atoms with Crippen molar-refractivity contribution in [3.8, 4) is 0 Å². The fraction of sp³-hybridized carbons (Fsp3) is 0.296. The summed E-state index contributed by atoms with van der Waals surface area (Å²) in [6.07, 6.45) is 2.54. The topological polar surface area (TPSA) is 78.5 Å². The molecule has 1 aliphatic rings. The third-order valence-corrected chi connectivity index (χ3v) is 7.45. The van der Waals surface area contributed by atoms with Crippen molar-refractivity contribution < 1.29 is 13.2 Å². The van der Waals surface area contributed by atoms with E-state index >= 15 is 0 Å². The van der Waals surface area contributed by atoms with Crippen molar-refractivity contribution in [2.24, 2.45) is 5.92 Å². The highest BCUT2D eigenvalue weighted by atomic mass is 32.2. The van der Waals surface area contributed by atoms with Gasteiger partial charge in [-0.2, -0.15) is 0 Å². The Morgan fingerprint density at radius 1 is 1.00 bits per heavy atom. The maximum absolute atomic E-state index is 12.7. The van der Waals surface area contributed by atoms with Crippen molar-refractivity contribution in [2.75, 3.05) is 23.1 Å². The molecule has 0 aliphatic carbocycles. The van der Waals surface area contributed by atoms with Gasteiger partial charge in [0.25, 0.3) is 15.9 Å². The Kier molecular flexibility index (Phi) is 7.34. The largest absolute Gasteiger partial charge is 0.322 e. The number of amides is 1. The highest BCUT2D eigenvalue weighted by molar-refractivity contribution is 7.92. The summed E-state index contributed by atoms with van der Waals surface area (Å²) in [5.41, 5.74) is 3.77. The Bertz CT molecular complexity index is 1240. The van der Waals surface area contributed by atoms with Crippen LogP contribution in [0.3, 0.4) is 0 Å². The van der Waals surface area contributed by atoms with Gasteiger partial charge in [0, 0.05) is 30.0 Å². The molecule has 1 unspecified atom stereocenters. The van der Waals surface area contributed by atoms with Gasteiger partial charge in [0.1, 0.15) is 0 Å². The van der Waals surface area contributed by atoms with Crippen LogP contribution < -0.4 is 10.0 Å². The normalized spacial score (nSPS) is 16.7. The van der Waals surface area contributed by atoms with Gasteiger partial charge in [-0.25, -0.2) is 8.42 Å². The third kappa shape index (κ3) is 6.24. The number of likely N-dealkylation sites (tertiary alicyclic amines) is 1. The van der Waals surface area contributed by atoms with Crippen molar-refractivity contribution in [1.29, 1.82) is 0 Å². The molecule has 3 aromatic carbocycles. The van der Waals surface area contributed by atoms with Gasteiger partial charge in [-0.05, 0) is 91.9 Å². The minimum absolute atomic E-state index is 0.128. The van der Waals surface area contributed by atoms with Gasteiger partial charge in [0.15, 0.2) is 0 Å². The second-order valence-corrected chi connectivity index (χ2v) is 10.8. The second-order valence-electron chi connectivity index (χ2n) is 9.13. The number of hydrogen-bond donors (Lipinski definition) is 2. The first kappa shape index (κ1) is 24.0. The van der Waals surface area contributed by atoms with Crippen molar-refractivity contribution in [2.45, 2.75) is 38.1 Å². The molecule has 0 spiro atoms. The molecule has 0 saturated carbocycles. The zero-order valence-electron chi connectivity index (χ0n) is 19.6. The average molecular weight is 478 g/mol. The van der Waals surface area contributed by atoms with Crippen LogP contribution in [0.2, 0.25) is 0 Å². The summed E-state index contributed by atoms with van der Waals surface area (Å²) < 4.78 is 27.9. The zero-order valence-corrected chi connectivity index (χ0v) is 20.4. The molecule has 7 heteroatoms. The zero-order chi connectivity index (χ0) is 24.1. The first-order valence-corrected chi connectivity index (χ1v) is 13.1. The fourth-order valence-corrected chi connectivity index (χ4v) is 5.34. The number of sulfonamides is 1. The maximum Gasteiger partial charge on any atom is 0.261 e. The molecular formula is C27H31N3O3S. The average Bonchev–Trinajstić information content (AvgIpc) is 2.80. The Balaban J connectivity index is 1.36. The molecule has 1 fully saturated rings. The number of nitrogens with zero attached hydrogens (tertiary/aromatic N) is 1. The molecule has 0 radical (unpaired) electrons. The molecule has 34 heavy (non-hydrogen) atoms. The summed E-state index contributed by atoms with van der Waals surface area (Å²) in [4.78, 5) is 15.3.